The van der Waals surface area contributed by atoms with E-state index in [2.05, 4.69) is 144 Å². The third kappa shape index (κ3) is 3.34. The van der Waals surface area contributed by atoms with Gasteiger partial charge in [-0.2, -0.15) is 0 Å². The Morgan fingerprint density at radius 2 is 1.34 bits per heavy atom. The number of fused-ring (bicyclic) bond motifs is 12. The van der Waals surface area contributed by atoms with E-state index in [1.807, 2.05) is 11.8 Å². The molecule has 0 bridgehead atoms. The van der Waals surface area contributed by atoms with Gasteiger partial charge in [-0.05, 0) is 39.9 Å². The van der Waals surface area contributed by atoms with Gasteiger partial charge in [0.2, 0.25) is 5.95 Å². The fourth-order valence-electron chi connectivity index (χ4n) is 7.38. The van der Waals surface area contributed by atoms with Crippen molar-refractivity contribution >= 4 is 66.0 Å². The van der Waals surface area contributed by atoms with Crippen molar-refractivity contribution in [2.24, 2.45) is 0 Å². The highest BCUT2D eigenvalue weighted by molar-refractivity contribution is 8.00. The van der Waals surface area contributed by atoms with E-state index < -0.39 is 0 Å². The van der Waals surface area contributed by atoms with Crippen LogP contribution >= 0.6 is 11.8 Å². The zero-order valence-corrected chi connectivity index (χ0v) is 24.5. The summed E-state index contributed by atoms with van der Waals surface area (Å²) in [5.74, 6) is 1.03. The number of thioether (sulfide) groups is 1. The highest BCUT2D eigenvalue weighted by Crippen LogP contribution is 2.55. The fourth-order valence-corrected chi connectivity index (χ4v) is 8.87. The number of benzene rings is 6. The molecule has 10 rings (SSSR count). The number of allylic oxidation sites excluding steroid dienone is 3. The van der Waals surface area contributed by atoms with Crippen molar-refractivity contribution in [1.29, 1.82) is 0 Å². The quantitative estimate of drug-likeness (QED) is 0.204. The van der Waals surface area contributed by atoms with Crippen LogP contribution in [0.4, 0.5) is 0 Å². The summed E-state index contributed by atoms with van der Waals surface area (Å²) in [6.07, 6.45) is 9.14. The second-order valence-corrected chi connectivity index (χ2v) is 12.9. The predicted octanol–water partition coefficient (Wildman–Crippen LogP) is 10.4. The van der Waals surface area contributed by atoms with E-state index in [-0.39, 0.29) is 0 Å². The van der Waals surface area contributed by atoms with Gasteiger partial charge in [-0.1, -0.05) is 121 Å². The van der Waals surface area contributed by atoms with Crippen molar-refractivity contribution in [2.75, 3.05) is 0 Å². The lowest BCUT2D eigenvalue weighted by Gasteiger charge is -2.16. The van der Waals surface area contributed by atoms with Gasteiger partial charge in [0.25, 0.3) is 0 Å². The molecule has 0 spiro atoms. The molecule has 0 saturated carbocycles. The lowest BCUT2D eigenvalue weighted by Crippen LogP contribution is -2.07. The Labute approximate surface area is 258 Å². The van der Waals surface area contributed by atoms with Gasteiger partial charge in [0.05, 0.1) is 22.2 Å². The molecular weight excluding hydrogens is 555 g/mol. The van der Waals surface area contributed by atoms with Crippen LogP contribution in [0.1, 0.15) is 11.5 Å². The van der Waals surface area contributed by atoms with E-state index in [0.717, 1.165) is 27.7 Å². The van der Waals surface area contributed by atoms with Crippen molar-refractivity contribution in [1.82, 2.24) is 14.5 Å². The minimum atomic E-state index is 0.331. The van der Waals surface area contributed by atoms with Crippen LogP contribution < -0.4 is 0 Å². The molecule has 0 saturated heterocycles. The maximum atomic E-state index is 5.42. The van der Waals surface area contributed by atoms with Gasteiger partial charge in [-0.15, -0.1) is 11.8 Å². The molecule has 6 aromatic carbocycles. The number of hydrogen-bond acceptors (Lipinski definition) is 3. The lowest BCUT2D eigenvalue weighted by atomic mass is 9.87. The van der Waals surface area contributed by atoms with Crippen LogP contribution in [-0.4, -0.2) is 19.8 Å². The first-order valence-corrected chi connectivity index (χ1v) is 16.0. The van der Waals surface area contributed by atoms with E-state index in [0.29, 0.717) is 17.1 Å². The van der Waals surface area contributed by atoms with Crippen molar-refractivity contribution in [2.45, 2.75) is 16.1 Å². The summed E-state index contributed by atoms with van der Waals surface area (Å²) in [6, 6.07) is 41.2. The molecule has 1 aliphatic carbocycles. The van der Waals surface area contributed by atoms with Crippen LogP contribution in [0.3, 0.4) is 0 Å². The Bertz CT molecular complexity index is 2560. The molecule has 3 nitrogen and oxygen atoms in total. The molecule has 2 aromatic heterocycles. The van der Waals surface area contributed by atoms with Gasteiger partial charge in [-0.25, -0.2) is 9.97 Å². The maximum Gasteiger partial charge on any atom is 0.235 e. The summed E-state index contributed by atoms with van der Waals surface area (Å²) >= 11 is 2.00. The van der Waals surface area contributed by atoms with Crippen molar-refractivity contribution in [3.05, 3.63) is 145 Å². The topological polar surface area (TPSA) is 30.7 Å². The second-order valence-electron chi connectivity index (χ2n) is 11.7. The van der Waals surface area contributed by atoms with Crippen LogP contribution in [-0.2, 0) is 0 Å². The summed E-state index contributed by atoms with van der Waals surface area (Å²) in [6.45, 7) is 0. The zero-order chi connectivity index (χ0) is 28.8. The van der Waals surface area contributed by atoms with Crippen LogP contribution in [0, 0.1) is 0 Å². The highest BCUT2D eigenvalue weighted by atomic mass is 32.2. The van der Waals surface area contributed by atoms with E-state index in [1.165, 1.54) is 48.3 Å². The summed E-state index contributed by atoms with van der Waals surface area (Å²) < 4.78 is 2.32. The molecule has 0 fully saturated rings. The Hall–Kier alpha value is -5.19. The summed E-state index contributed by atoms with van der Waals surface area (Å²) in [5.41, 5.74) is 6.72. The van der Waals surface area contributed by atoms with Gasteiger partial charge >= 0.3 is 0 Å². The molecule has 0 N–H and O–H groups in total. The molecule has 1 aliphatic heterocycles. The fraction of sp³-hybridized carbons (Fsp3) is 0.0500. The maximum absolute atomic E-state index is 5.42. The highest BCUT2D eigenvalue weighted by Gasteiger charge is 2.36. The summed E-state index contributed by atoms with van der Waals surface area (Å²) in [4.78, 5) is 12.1. The first kappa shape index (κ1) is 24.3. The molecule has 0 amide bonds. The Morgan fingerprint density at radius 1 is 0.614 bits per heavy atom. The molecule has 4 heteroatoms. The number of aromatic nitrogens is 3. The smallest absolute Gasteiger partial charge is 0.235 e. The normalized spacial score (nSPS) is 17.3. The molecule has 2 aliphatic rings. The molecule has 2 unspecified atom stereocenters. The van der Waals surface area contributed by atoms with Crippen LogP contribution in [0.15, 0.2) is 144 Å². The SMILES string of the molecule is C1=CC2Sc3c(c4c5ccccc5n(-c5nc(-c6ccc7ccccc7c6)c6ccccc6n5)c4c4ccccc34)C2C=C1. The predicted molar refractivity (Wildman–Crippen MR) is 185 cm³/mol. The zero-order valence-electron chi connectivity index (χ0n) is 23.7. The number of rotatable bonds is 2. The summed E-state index contributed by atoms with van der Waals surface area (Å²) in [7, 11) is 0. The van der Waals surface area contributed by atoms with E-state index in [1.54, 1.807) is 0 Å². The molecule has 2 atom stereocenters. The first-order chi connectivity index (χ1) is 21.8. The third-order valence-electron chi connectivity index (χ3n) is 9.30. The number of para-hydroxylation sites is 2. The Kier molecular flexibility index (Phi) is 5.05. The van der Waals surface area contributed by atoms with E-state index >= 15 is 0 Å². The Balaban J connectivity index is 1.35. The summed E-state index contributed by atoms with van der Waals surface area (Å²) in [5, 5.41) is 8.99. The third-order valence-corrected chi connectivity index (χ3v) is 10.7. The average molecular weight is 580 g/mol. The molecular formula is C40H25N3S. The molecule has 8 aromatic rings. The largest absolute Gasteiger partial charge is 0.277 e. The van der Waals surface area contributed by atoms with Crippen molar-refractivity contribution < 1.29 is 0 Å². The second kappa shape index (κ2) is 9.15. The van der Waals surface area contributed by atoms with Gasteiger partial charge < -0.3 is 0 Å². The van der Waals surface area contributed by atoms with Gasteiger partial charge in [0, 0.05) is 43.2 Å². The number of hydrogen-bond donors (Lipinski definition) is 0. The minimum absolute atomic E-state index is 0.331. The lowest BCUT2D eigenvalue weighted by molar-refractivity contribution is 0.892. The van der Waals surface area contributed by atoms with Crippen LogP contribution in [0.25, 0.3) is 71.5 Å². The average Bonchev–Trinajstić information content (AvgIpc) is 3.64. The standard InChI is InChI=1S/C40H25N3S/c1-2-12-25-23-26(22-21-24(25)11-1)37-29-15-5-8-18-32(29)41-40(42-37)43-33-19-9-6-16-30(33)35-36-31-17-7-10-20-34(31)44-39(36)28-14-4-3-13-27(28)38(35)43/h1-23,31,34H. The molecule has 3 heterocycles. The monoisotopic (exact) mass is 579 g/mol. The first-order valence-electron chi connectivity index (χ1n) is 15.1. The minimum Gasteiger partial charge on any atom is -0.277 e. The molecule has 206 valence electrons. The van der Waals surface area contributed by atoms with E-state index in [9.17, 15) is 0 Å². The van der Waals surface area contributed by atoms with Crippen LogP contribution in [0.5, 0.6) is 0 Å². The van der Waals surface area contributed by atoms with Gasteiger partial charge in [0.1, 0.15) is 0 Å². The van der Waals surface area contributed by atoms with Crippen molar-refractivity contribution in [3.8, 4) is 17.2 Å². The van der Waals surface area contributed by atoms with Gasteiger partial charge in [-0.3, -0.25) is 4.57 Å². The molecule has 0 radical (unpaired) electrons. The van der Waals surface area contributed by atoms with Crippen molar-refractivity contribution in [3.63, 3.8) is 0 Å². The van der Waals surface area contributed by atoms with E-state index in [4.69, 9.17) is 9.97 Å². The number of nitrogens with zero attached hydrogens (tertiary/aromatic N) is 3. The Morgan fingerprint density at radius 3 is 2.25 bits per heavy atom. The van der Waals surface area contributed by atoms with Crippen LogP contribution in [0.2, 0.25) is 0 Å². The molecule has 44 heavy (non-hydrogen) atoms. The van der Waals surface area contributed by atoms with Gasteiger partial charge in [0.15, 0.2) is 0 Å².